The minimum absolute atomic E-state index is 0.155. The molecule has 0 radical (unpaired) electrons. The van der Waals surface area contributed by atoms with Gasteiger partial charge < -0.3 is 4.42 Å². The molecule has 0 atom stereocenters. The molecule has 0 amide bonds. The molecular weight excluding hydrogens is 585 g/mol. The standard InChI is InChI=1S/C23H17BrClF3N4O3S/c1-36(33,34)19-17(20-29-30-21(35-20)22(11-4-12-22)23(26,27)28)31-32(16-6-3-2-5-15(16)25)18(19)13-7-9-14(24)10-8-13/h2-3,5-10H,4,11-12H2,1H3. The molecule has 1 fully saturated rings. The summed E-state index contributed by atoms with van der Waals surface area (Å²) in [5.74, 6) is -1.03. The second-order valence-electron chi connectivity index (χ2n) is 8.51. The summed E-state index contributed by atoms with van der Waals surface area (Å²) in [5, 5.41) is 12.2. The minimum Gasteiger partial charge on any atom is -0.418 e. The maximum Gasteiger partial charge on any atom is 0.403 e. The zero-order chi connectivity index (χ0) is 25.9. The Morgan fingerprint density at radius 2 is 1.75 bits per heavy atom. The molecular formula is C23H17BrClF3N4O3S. The van der Waals surface area contributed by atoms with Gasteiger partial charge in [-0.15, -0.1) is 10.2 Å². The Morgan fingerprint density at radius 3 is 2.31 bits per heavy atom. The lowest BCUT2D eigenvalue weighted by Crippen LogP contribution is -2.48. The molecule has 188 valence electrons. The van der Waals surface area contributed by atoms with Crippen LogP contribution < -0.4 is 0 Å². The molecule has 0 aliphatic heterocycles. The molecule has 0 saturated heterocycles. The lowest BCUT2D eigenvalue weighted by atomic mass is 9.68. The van der Waals surface area contributed by atoms with Crippen LogP contribution in [0.5, 0.6) is 0 Å². The van der Waals surface area contributed by atoms with Gasteiger partial charge in [-0.2, -0.15) is 18.3 Å². The summed E-state index contributed by atoms with van der Waals surface area (Å²) in [6, 6.07) is 13.4. The molecule has 0 unspecified atom stereocenters. The van der Waals surface area contributed by atoms with Crippen LogP contribution in [-0.4, -0.2) is 40.8 Å². The van der Waals surface area contributed by atoms with Gasteiger partial charge in [0.1, 0.15) is 10.3 Å². The number of para-hydroxylation sites is 1. The van der Waals surface area contributed by atoms with E-state index in [1.807, 2.05) is 0 Å². The maximum absolute atomic E-state index is 13.8. The van der Waals surface area contributed by atoms with E-state index in [4.69, 9.17) is 16.0 Å². The first kappa shape index (κ1) is 25.0. The van der Waals surface area contributed by atoms with Crippen LogP contribution in [0.4, 0.5) is 13.2 Å². The van der Waals surface area contributed by atoms with Crippen LogP contribution in [-0.2, 0) is 15.3 Å². The van der Waals surface area contributed by atoms with Gasteiger partial charge in [-0.25, -0.2) is 13.1 Å². The van der Waals surface area contributed by atoms with Gasteiger partial charge in [0, 0.05) is 16.3 Å². The van der Waals surface area contributed by atoms with E-state index in [0.717, 1.165) is 10.7 Å². The van der Waals surface area contributed by atoms with E-state index in [1.165, 1.54) is 4.68 Å². The molecule has 13 heteroatoms. The van der Waals surface area contributed by atoms with Crippen LogP contribution in [0.15, 0.2) is 62.3 Å². The van der Waals surface area contributed by atoms with Crippen LogP contribution in [0.3, 0.4) is 0 Å². The highest BCUT2D eigenvalue weighted by Gasteiger charge is 2.63. The number of hydrogen-bond acceptors (Lipinski definition) is 6. The smallest absolute Gasteiger partial charge is 0.403 e. The summed E-state index contributed by atoms with van der Waals surface area (Å²) in [5.41, 5.74) is -1.52. The summed E-state index contributed by atoms with van der Waals surface area (Å²) in [7, 11) is -4.00. The van der Waals surface area contributed by atoms with Gasteiger partial charge in [-0.1, -0.05) is 58.2 Å². The van der Waals surface area contributed by atoms with Gasteiger partial charge in [0.25, 0.3) is 5.89 Å². The van der Waals surface area contributed by atoms with Crippen molar-refractivity contribution in [3.05, 3.63) is 63.9 Å². The van der Waals surface area contributed by atoms with Crippen molar-refractivity contribution in [2.45, 2.75) is 35.7 Å². The van der Waals surface area contributed by atoms with Gasteiger partial charge in [0.05, 0.1) is 16.4 Å². The third kappa shape index (κ3) is 4.04. The molecule has 36 heavy (non-hydrogen) atoms. The molecule has 0 bridgehead atoms. The molecule has 2 aromatic carbocycles. The van der Waals surface area contributed by atoms with Crippen molar-refractivity contribution < 1.29 is 26.0 Å². The number of benzene rings is 2. The Labute approximate surface area is 217 Å². The fourth-order valence-electron chi connectivity index (χ4n) is 4.22. The first-order valence-corrected chi connectivity index (χ1v) is 13.7. The van der Waals surface area contributed by atoms with Crippen LogP contribution in [0.1, 0.15) is 25.2 Å². The third-order valence-electron chi connectivity index (χ3n) is 6.20. The van der Waals surface area contributed by atoms with Crippen molar-refractivity contribution in [1.82, 2.24) is 20.0 Å². The van der Waals surface area contributed by atoms with Crippen molar-refractivity contribution in [2.24, 2.45) is 0 Å². The summed E-state index contributed by atoms with van der Waals surface area (Å²) in [6.45, 7) is 0. The highest BCUT2D eigenvalue weighted by atomic mass is 79.9. The van der Waals surface area contributed by atoms with Crippen molar-refractivity contribution in [2.75, 3.05) is 6.26 Å². The molecule has 0 spiro atoms. The second kappa shape index (κ2) is 8.70. The zero-order valence-corrected chi connectivity index (χ0v) is 21.7. The van der Waals surface area contributed by atoms with Gasteiger partial charge in [0.15, 0.2) is 15.5 Å². The summed E-state index contributed by atoms with van der Waals surface area (Å²) in [4.78, 5) is -0.269. The Bertz CT molecular complexity index is 1560. The lowest BCUT2D eigenvalue weighted by molar-refractivity contribution is -0.219. The summed E-state index contributed by atoms with van der Waals surface area (Å²) in [6.07, 6.45) is -3.62. The SMILES string of the molecule is CS(=O)(=O)c1c(-c2nnc(C3(C(F)(F)F)CCC3)o2)nn(-c2ccccc2Cl)c1-c1ccc(Br)cc1. The highest BCUT2D eigenvalue weighted by Crippen LogP contribution is 2.54. The van der Waals surface area contributed by atoms with Crippen LogP contribution in [0.25, 0.3) is 28.5 Å². The topological polar surface area (TPSA) is 90.9 Å². The lowest BCUT2D eigenvalue weighted by Gasteiger charge is -2.39. The van der Waals surface area contributed by atoms with Crippen LogP contribution in [0, 0.1) is 0 Å². The summed E-state index contributed by atoms with van der Waals surface area (Å²) < 4.78 is 75.3. The number of sulfone groups is 1. The number of alkyl halides is 3. The predicted octanol–water partition coefficient (Wildman–Crippen LogP) is 6.39. The molecule has 2 heterocycles. The molecule has 2 aromatic heterocycles. The number of nitrogens with zero attached hydrogens (tertiary/aromatic N) is 4. The van der Waals surface area contributed by atoms with Crippen molar-refractivity contribution in [3.8, 4) is 28.5 Å². The van der Waals surface area contributed by atoms with E-state index in [-0.39, 0.29) is 34.1 Å². The Morgan fingerprint density at radius 1 is 1.08 bits per heavy atom. The quantitative estimate of drug-likeness (QED) is 0.263. The average molecular weight is 602 g/mol. The Kier molecular flexibility index (Phi) is 6.04. The molecule has 4 aromatic rings. The molecule has 7 nitrogen and oxygen atoms in total. The predicted molar refractivity (Wildman–Crippen MR) is 130 cm³/mol. The number of hydrogen-bond donors (Lipinski definition) is 0. The van der Waals surface area contributed by atoms with Gasteiger partial charge >= 0.3 is 6.18 Å². The van der Waals surface area contributed by atoms with Crippen molar-refractivity contribution in [3.63, 3.8) is 0 Å². The zero-order valence-electron chi connectivity index (χ0n) is 18.6. The molecule has 1 aliphatic rings. The van der Waals surface area contributed by atoms with E-state index >= 15 is 0 Å². The third-order valence-corrected chi connectivity index (χ3v) is 8.17. The van der Waals surface area contributed by atoms with E-state index in [0.29, 0.717) is 17.7 Å². The van der Waals surface area contributed by atoms with Crippen LogP contribution in [0.2, 0.25) is 5.02 Å². The van der Waals surface area contributed by atoms with E-state index in [2.05, 4.69) is 31.2 Å². The first-order chi connectivity index (χ1) is 16.9. The average Bonchev–Trinajstić information content (AvgIpc) is 3.38. The number of halogens is 5. The second-order valence-corrected chi connectivity index (χ2v) is 11.8. The van der Waals surface area contributed by atoms with Gasteiger partial charge in [-0.3, -0.25) is 0 Å². The number of rotatable bonds is 5. The fourth-order valence-corrected chi connectivity index (χ4v) is 5.73. The summed E-state index contributed by atoms with van der Waals surface area (Å²) >= 11 is 9.77. The molecule has 1 saturated carbocycles. The van der Waals surface area contributed by atoms with E-state index in [9.17, 15) is 21.6 Å². The Hall–Kier alpha value is -2.70. The van der Waals surface area contributed by atoms with E-state index in [1.54, 1.807) is 48.5 Å². The normalized spacial score (nSPS) is 15.6. The molecule has 1 aliphatic carbocycles. The van der Waals surface area contributed by atoms with Gasteiger partial charge in [-0.05, 0) is 37.1 Å². The highest BCUT2D eigenvalue weighted by molar-refractivity contribution is 9.10. The molecule has 5 rings (SSSR count). The van der Waals surface area contributed by atoms with E-state index < -0.39 is 33.2 Å². The first-order valence-electron chi connectivity index (χ1n) is 10.7. The Balaban J connectivity index is 1.79. The van der Waals surface area contributed by atoms with Gasteiger partial charge in [0.2, 0.25) is 5.89 Å². The van der Waals surface area contributed by atoms with Crippen LogP contribution >= 0.6 is 27.5 Å². The minimum atomic E-state index is -4.59. The maximum atomic E-state index is 13.8. The van der Waals surface area contributed by atoms with Crippen molar-refractivity contribution >= 4 is 37.4 Å². The largest absolute Gasteiger partial charge is 0.418 e. The fraction of sp³-hybridized carbons (Fsp3) is 0.261. The molecule has 0 N–H and O–H groups in total. The van der Waals surface area contributed by atoms with Crippen molar-refractivity contribution in [1.29, 1.82) is 0 Å². The number of aromatic nitrogens is 4. The monoisotopic (exact) mass is 600 g/mol.